The second-order valence-electron chi connectivity index (χ2n) is 8.70. The highest BCUT2D eigenvalue weighted by Gasteiger charge is 2.38. The van der Waals surface area contributed by atoms with E-state index in [0.29, 0.717) is 28.4 Å². The Balaban J connectivity index is 1.42. The van der Waals surface area contributed by atoms with Gasteiger partial charge in [0.2, 0.25) is 5.95 Å². The monoisotopic (exact) mass is 474 g/mol. The quantitative estimate of drug-likeness (QED) is 0.681. The fraction of sp³-hybridized carbons (Fsp3) is 0.545. The summed E-state index contributed by atoms with van der Waals surface area (Å²) in [7, 11) is -1.12. The molecule has 0 unspecified atom stereocenters. The van der Waals surface area contributed by atoms with Gasteiger partial charge in [-0.15, -0.1) is 0 Å². The van der Waals surface area contributed by atoms with E-state index in [1.54, 1.807) is 12.4 Å². The second-order valence-corrected chi connectivity index (χ2v) is 10.6. The van der Waals surface area contributed by atoms with Gasteiger partial charge in [0, 0.05) is 31.2 Å². The van der Waals surface area contributed by atoms with E-state index in [1.807, 2.05) is 0 Å². The summed E-state index contributed by atoms with van der Waals surface area (Å²) in [4.78, 5) is 21.3. The third kappa shape index (κ3) is 4.25. The molecule has 10 heteroatoms. The van der Waals surface area contributed by atoms with E-state index in [1.165, 1.54) is 0 Å². The Bertz CT molecular complexity index is 1050. The molecule has 0 bridgehead atoms. The van der Waals surface area contributed by atoms with E-state index in [0.717, 1.165) is 74.2 Å². The van der Waals surface area contributed by atoms with Gasteiger partial charge in [0.15, 0.2) is 5.82 Å². The van der Waals surface area contributed by atoms with Crippen molar-refractivity contribution in [1.82, 2.24) is 19.9 Å². The number of aryl methyl sites for hydroxylation is 1. The minimum Gasteiger partial charge on any atom is -0.394 e. The van der Waals surface area contributed by atoms with E-state index >= 15 is 0 Å². The number of hydrogen-bond acceptors (Lipinski definition) is 8. The minimum atomic E-state index is -1.12. The van der Waals surface area contributed by atoms with Crippen molar-refractivity contribution in [3.63, 3.8) is 0 Å². The van der Waals surface area contributed by atoms with Gasteiger partial charge in [-0.3, -0.25) is 4.21 Å². The lowest BCUT2D eigenvalue weighted by molar-refractivity contribution is 0.143. The van der Waals surface area contributed by atoms with Crippen molar-refractivity contribution >= 4 is 39.7 Å². The number of nitrogens with zero attached hydrogens (tertiary/aromatic N) is 5. The van der Waals surface area contributed by atoms with Gasteiger partial charge in [0.25, 0.3) is 0 Å². The predicted molar refractivity (Wildman–Crippen MR) is 125 cm³/mol. The maximum atomic E-state index is 12.8. The molecule has 0 aromatic carbocycles. The van der Waals surface area contributed by atoms with Crippen molar-refractivity contribution in [2.75, 3.05) is 35.7 Å². The van der Waals surface area contributed by atoms with Crippen LogP contribution in [0.4, 0.5) is 11.8 Å². The lowest BCUT2D eigenvalue weighted by Crippen LogP contribution is -2.49. The summed E-state index contributed by atoms with van der Waals surface area (Å²) in [6.07, 6.45) is 11.5. The van der Waals surface area contributed by atoms with Gasteiger partial charge in [-0.2, -0.15) is 4.98 Å². The van der Waals surface area contributed by atoms with Gasteiger partial charge < -0.3 is 15.3 Å². The van der Waals surface area contributed by atoms with Crippen molar-refractivity contribution in [2.45, 2.75) is 55.4 Å². The minimum absolute atomic E-state index is 0.0475. The molecule has 32 heavy (non-hydrogen) atoms. The van der Waals surface area contributed by atoms with Crippen molar-refractivity contribution in [2.24, 2.45) is 0 Å². The summed E-state index contributed by atoms with van der Waals surface area (Å²) >= 11 is 5.93. The summed E-state index contributed by atoms with van der Waals surface area (Å²) in [5.74, 6) is 2.63. The van der Waals surface area contributed by atoms with Crippen LogP contribution in [0.25, 0.3) is 5.57 Å². The third-order valence-electron chi connectivity index (χ3n) is 6.52. The van der Waals surface area contributed by atoms with Crippen LogP contribution >= 0.6 is 11.6 Å². The van der Waals surface area contributed by atoms with Gasteiger partial charge in [0.1, 0.15) is 10.7 Å². The Hall–Kier alpha value is -2.10. The first-order valence-electron chi connectivity index (χ1n) is 11.2. The van der Waals surface area contributed by atoms with Gasteiger partial charge in [-0.1, -0.05) is 17.7 Å². The van der Waals surface area contributed by atoms with Gasteiger partial charge >= 0.3 is 0 Å². The lowest BCUT2D eigenvalue weighted by Gasteiger charge is -2.42. The van der Waals surface area contributed by atoms with Crippen LogP contribution in [-0.2, 0) is 17.2 Å². The summed E-state index contributed by atoms with van der Waals surface area (Å²) < 4.78 is 12.8. The van der Waals surface area contributed by atoms with E-state index < -0.39 is 10.8 Å². The molecule has 5 rings (SSSR count). The molecule has 0 amide bonds. The summed E-state index contributed by atoms with van der Waals surface area (Å²) in [5, 5.41) is 14.0. The van der Waals surface area contributed by atoms with Crippen LogP contribution < -0.4 is 10.2 Å². The predicted octanol–water partition coefficient (Wildman–Crippen LogP) is 2.98. The molecule has 1 aliphatic carbocycles. The summed E-state index contributed by atoms with van der Waals surface area (Å²) in [5.41, 5.74) is 1.60. The number of aliphatic hydroxyl groups is 1. The number of fused-ring (bicyclic) bond motifs is 1. The Morgan fingerprint density at radius 1 is 1.16 bits per heavy atom. The van der Waals surface area contributed by atoms with Crippen molar-refractivity contribution < 1.29 is 9.32 Å². The molecule has 170 valence electrons. The number of aliphatic hydroxyl groups excluding tert-OH is 1. The first-order chi connectivity index (χ1) is 15.6. The Kier molecular flexibility index (Phi) is 6.14. The SMILES string of the molecule is O=[S@@]1CCCc2nc(N3CCC=C(c4ncc(Cl)cn4)CC3)nc(NC3(CO)CCC3)c21. The zero-order valence-corrected chi connectivity index (χ0v) is 19.5. The Morgan fingerprint density at radius 3 is 2.69 bits per heavy atom. The molecule has 2 aliphatic heterocycles. The fourth-order valence-corrected chi connectivity index (χ4v) is 5.95. The molecular weight excluding hydrogens is 448 g/mol. The highest BCUT2D eigenvalue weighted by Crippen LogP contribution is 2.38. The molecule has 4 heterocycles. The molecule has 1 saturated carbocycles. The van der Waals surface area contributed by atoms with Crippen LogP contribution in [0.2, 0.25) is 5.02 Å². The molecule has 2 aromatic rings. The number of halogens is 1. The van der Waals surface area contributed by atoms with Gasteiger partial charge in [-0.25, -0.2) is 15.0 Å². The normalized spacial score (nSPS) is 22.4. The van der Waals surface area contributed by atoms with E-state index in [-0.39, 0.29) is 12.1 Å². The van der Waals surface area contributed by atoms with Crippen molar-refractivity contribution in [3.8, 4) is 0 Å². The van der Waals surface area contributed by atoms with Crippen LogP contribution in [0, 0.1) is 0 Å². The van der Waals surface area contributed by atoms with Crippen LogP contribution in [0.5, 0.6) is 0 Å². The average Bonchev–Trinajstić information content (AvgIpc) is 3.03. The average molecular weight is 475 g/mol. The standard InChI is InChI=1S/C22H27ClN6O2S/c23-16-12-24-19(25-13-16)15-4-1-9-29(10-6-15)21-26-17-5-2-11-32(31)18(17)20(27-21)28-22(14-30)7-3-8-22/h4,12-13,30H,1-3,5-11,14H2,(H,26,27,28)/t32-/m1/s1. The first-order valence-corrected chi connectivity index (χ1v) is 12.9. The molecule has 2 aromatic heterocycles. The number of rotatable bonds is 5. The maximum absolute atomic E-state index is 12.8. The Labute approximate surface area is 195 Å². The molecule has 0 saturated heterocycles. The van der Waals surface area contributed by atoms with Crippen LogP contribution in [-0.4, -0.2) is 60.2 Å². The molecular formula is C22H27ClN6O2S. The second kappa shape index (κ2) is 9.03. The molecule has 8 nitrogen and oxygen atoms in total. The molecule has 3 aliphatic rings. The van der Waals surface area contributed by atoms with Crippen LogP contribution in [0.1, 0.15) is 50.0 Å². The Morgan fingerprint density at radius 2 is 1.97 bits per heavy atom. The van der Waals surface area contributed by atoms with Crippen molar-refractivity contribution in [3.05, 3.63) is 35.0 Å². The van der Waals surface area contributed by atoms with E-state index in [2.05, 4.69) is 26.3 Å². The van der Waals surface area contributed by atoms with E-state index in [4.69, 9.17) is 21.6 Å². The summed E-state index contributed by atoms with van der Waals surface area (Å²) in [6, 6.07) is 0. The van der Waals surface area contributed by atoms with Gasteiger partial charge in [0.05, 0.1) is 33.7 Å². The zero-order chi connectivity index (χ0) is 22.1. The highest BCUT2D eigenvalue weighted by atomic mass is 35.5. The molecule has 1 atom stereocenters. The van der Waals surface area contributed by atoms with Crippen molar-refractivity contribution in [1.29, 1.82) is 0 Å². The van der Waals surface area contributed by atoms with E-state index in [9.17, 15) is 9.32 Å². The molecule has 2 N–H and O–H groups in total. The molecule has 0 spiro atoms. The maximum Gasteiger partial charge on any atom is 0.227 e. The number of aromatic nitrogens is 4. The molecule has 0 radical (unpaired) electrons. The lowest BCUT2D eigenvalue weighted by atomic mass is 9.77. The summed E-state index contributed by atoms with van der Waals surface area (Å²) in [6.45, 7) is 1.57. The van der Waals surface area contributed by atoms with Crippen LogP contribution in [0.3, 0.4) is 0 Å². The van der Waals surface area contributed by atoms with Crippen LogP contribution in [0.15, 0.2) is 23.4 Å². The third-order valence-corrected chi connectivity index (χ3v) is 8.26. The topological polar surface area (TPSA) is 104 Å². The number of nitrogens with one attached hydrogen (secondary N) is 1. The highest BCUT2D eigenvalue weighted by molar-refractivity contribution is 7.85. The zero-order valence-electron chi connectivity index (χ0n) is 17.9. The smallest absolute Gasteiger partial charge is 0.227 e. The molecule has 1 fully saturated rings. The fourth-order valence-electron chi connectivity index (χ4n) is 4.51. The van der Waals surface area contributed by atoms with Gasteiger partial charge in [-0.05, 0) is 50.5 Å². The largest absolute Gasteiger partial charge is 0.394 e. The number of hydrogen-bond donors (Lipinski definition) is 2. The number of anilines is 2. The first kappa shape index (κ1) is 21.7.